The Morgan fingerprint density at radius 3 is 2.89 bits per heavy atom. The number of hydrogen-bond donors (Lipinski definition) is 1. The summed E-state index contributed by atoms with van der Waals surface area (Å²) >= 11 is 0. The van der Waals surface area contributed by atoms with Crippen molar-refractivity contribution in [2.75, 3.05) is 26.2 Å². The second kappa shape index (κ2) is 7.10. The van der Waals surface area contributed by atoms with Gasteiger partial charge in [0.05, 0.1) is 6.10 Å². The van der Waals surface area contributed by atoms with Gasteiger partial charge in [-0.2, -0.15) is 0 Å². The second-order valence-corrected chi connectivity index (χ2v) is 5.61. The minimum atomic E-state index is 0.294. The van der Waals surface area contributed by atoms with Crippen molar-refractivity contribution in [2.24, 2.45) is 11.7 Å². The molecule has 2 unspecified atom stereocenters. The molecular weight excluding hydrogens is 228 g/mol. The van der Waals surface area contributed by atoms with E-state index in [9.17, 15) is 4.79 Å². The van der Waals surface area contributed by atoms with Crippen LogP contribution in [0.3, 0.4) is 0 Å². The molecule has 2 atom stereocenters. The van der Waals surface area contributed by atoms with Crippen LogP contribution >= 0.6 is 0 Å². The average molecular weight is 254 g/mol. The van der Waals surface area contributed by atoms with E-state index in [0.29, 0.717) is 30.9 Å². The van der Waals surface area contributed by atoms with Gasteiger partial charge in [-0.05, 0) is 51.0 Å². The molecule has 4 heteroatoms. The third-order valence-electron chi connectivity index (χ3n) is 4.16. The van der Waals surface area contributed by atoms with Crippen LogP contribution in [-0.4, -0.2) is 43.2 Å². The highest BCUT2D eigenvalue weighted by atomic mass is 16.5. The predicted octanol–water partition coefficient (Wildman–Crippen LogP) is 1.53. The highest BCUT2D eigenvalue weighted by molar-refractivity contribution is 5.76. The van der Waals surface area contributed by atoms with E-state index in [4.69, 9.17) is 10.5 Å². The lowest BCUT2D eigenvalue weighted by molar-refractivity contribution is -0.134. The Hall–Kier alpha value is -0.610. The van der Waals surface area contributed by atoms with E-state index < -0.39 is 0 Å². The summed E-state index contributed by atoms with van der Waals surface area (Å²) in [7, 11) is 0. The van der Waals surface area contributed by atoms with Crippen LogP contribution in [0.15, 0.2) is 0 Å². The molecule has 0 aliphatic carbocycles. The highest BCUT2D eigenvalue weighted by Crippen LogP contribution is 2.20. The number of amides is 1. The molecule has 1 amide bonds. The van der Waals surface area contributed by atoms with Crippen molar-refractivity contribution in [2.45, 2.75) is 51.0 Å². The monoisotopic (exact) mass is 254 g/mol. The maximum atomic E-state index is 12.1. The van der Waals surface area contributed by atoms with Gasteiger partial charge in [-0.1, -0.05) is 0 Å². The van der Waals surface area contributed by atoms with Crippen LogP contribution in [0.2, 0.25) is 0 Å². The molecule has 4 nitrogen and oxygen atoms in total. The van der Waals surface area contributed by atoms with Crippen molar-refractivity contribution >= 4 is 5.91 Å². The number of nitrogens with two attached hydrogens (primary N) is 1. The Balaban J connectivity index is 1.70. The van der Waals surface area contributed by atoms with Crippen LogP contribution in [0.4, 0.5) is 0 Å². The fraction of sp³-hybridized carbons (Fsp3) is 0.929. The largest absolute Gasteiger partial charge is 0.378 e. The SMILES string of the molecule is NCC1CCCN(C(=O)CCC2CCCCO2)C1. The van der Waals surface area contributed by atoms with Gasteiger partial charge in [-0.15, -0.1) is 0 Å². The molecule has 18 heavy (non-hydrogen) atoms. The summed E-state index contributed by atoms with van der Waals surface area (Å²) in [6.45, 7) is 3.36. The molecule has 0 bridgehead atoms. The molecule has 0 spiro atoms. The summed E-state index contributed by atoms with van der Waals surface area (Å²) in [5.74, 6) is 0.802. The quantitative estimate of drug-likeness (QED) is 0.828. The Morgan fingerprint density at radius 1 is 1.28 bits per heavy atom. The summed E-state index contributed by atoms with van der Waals surface area (Å²) < 4.78 is 5.67. The molecule has 0 radical (unpaired) electrons. The van der Waals surface area contributed by atoms with Crippen LogP contribution in [0.5, 0.6) is 0 Å². The Bertz CT molecular complexity index is 265. The van der Waals surface area contributed by atoms with Crippen molar-refractivity contribution in [3.63, 3.8) is 0 Å². The van der Waals surface area contributed by atoms with Crippen molar-refractivity contribution in [3.05, 3.63) is 0 Å². The maximum Gasteiger partial charge on any atom is 0.222 e. The predicted molar refractivity (Wildman–Crippen MR) is 71.2 cm³/mol. The minimum absolute atomic E-state index is 0.294. The van der Waals surface area contributed by atoms with Crippen molar-refractivity contribution < 1.29 is 9.53 Å². The van der Waals surface area contributed by atoms with Crippen LogP contribution < -0.4 is 5.73 Å². The smallest absolute Gasteiger partial charge is 0.222 e. The van der Waals surface area contributed by atoms with Gasteiger partial charge in [0, 0.05) is 26.1 Å². The van der Waals surface area contributed by atoms with E-state index in [1.54, 1.807) is 0 Å². The minimum Gasteiger partial charge on any atom is -0.378 e. The lowest BCUT2D eigenvalue weighted by atomic mass is 9.97. The lowest BCUT2D eigenvalue weighted by Crippen LogP contribution is -2.42. The fourth-order valence-corrected chi connectivity index (χ4v) is 2.96. The summed E-state index contributed by atoms with van der Waals surface area (Å²) in [6.07, 6.45) is 7.67. The van der Waals surface area contributed by atoms with E-state index in [1.807, 2.05) is 4.90 Å². The third-order valence-corrected chi connectivity index (χ3v) is 4.16. The molecule has 2 fully saturated rings. The van der Waals surface area contributed by atoms with E-state index >= 15 is 0 Å². The van der Waals surface area contributed by atoms with E-state index in [0.717, 1.165) is 39.0 Å². The first-order valence-corrected chi connectivity index (χ1v) is 7.39. The molecule has 2 rings (SSSR count). The number of ether oxygens (including phenoxy) is 1. The maximum absolute atomic E-state index is 12.1. The number of piperidine rings is 1. The summed E-state index contributed by atoms with van der Waals surface area (Å²) in [5.41, 5.74) is 5.70. The number of hydrogen-bond acceptors (Lipinski definition) is 3. The molecule has 2 aliphatic rings. The average Bonchev–Trinajstić information content (AvgIpc) is 2.46. The van der Waals surface area contributed by atoms with E-state index in [2.05, 4.69) is 0 Å². The number of likely N-dealkylation sites (tertiary alicyclic amines) is 1. The van der Waals surface area contributed by atoms with E-state index in [-0.39, 0.29) is 0 Å². The van der Waals surface area contributed by atoms with Gasteiger partial charge in [-0.3, -0.25) is 4.79 Å². The van der Waals surface area contributed by atoms with Gasteiger partial charge < -0.3 is 15.4 Å². The van der Waals surface area contributed by atoms with Crippen molar-refractivity contribution in [1.29, 1.82) is 0 Å². The Morgan fingerprint density at radius 2 is 2.17 bits per heavy atom. The van der Waals surface area contributed by atoms with Gasteiger partial charge in [0.2, 0.25) is 5.91 Å². The fourth-order valence-electron chi connectivity index (χ4n) is 2.96. The molecule has 2 heterocycles. The van der Waals surface area contributed by atoms with Crippen LogP contribution in [0, 0.1) is 5.92 Å². The molecule has 0 saturated carbocycles. The summed E-state index contributed by atoms with van der Waals surface area (Å²) in [6, 6.07) is 0. The van der Waals surface area contributed by atoms with Crippen LogP contribution in [0.25, 0.3) is 0 Å². The van der Waals surface area contributed by atoms with Crippen LogP contribution in [0.1, 0.15) is 44.9 Å². The zero-order chi connectivity index (χ0) is 12.8. The van der Waals surface area contributed by atoms with Gasteiger partial charge >= 0.3 is 0 Å². The zero-order valence-corrected chi connectivity index (χ0v) is 11.3. The molecule has 2 N–H and O–H groups in total. The number of carbonyl (C=O) groups excluding carboxylic acids is 1. The standard InChI is InChI=1S/C14H26N2O2/c15-10-12-4-3-8-16(11-12)14(17)7-6-13-5-1-2-9-18-13/h12-13H,1-11,15H2. The molecule has 0 aromatic rings. The Labute approximate surface area is 110 Å². The van der Waals surface area contributed by atoms with Crippen molar-refractivity contribution in [3.8, 4) is 0 Å². The molecule has 2 saturated heterocycles. The second-order valence-electron chi connectivity index (χ2n) is 5.61. The van der Waals surface area contributed by atoms with Gasteiger partial charge in [0.25, 0.3) is 0 Å². The topological polar surface area (TPSA) is 55.6 Å². The van der Waals surface area contributed by atoms with E-state index in [1.165, 1.54) is 19.3 Å². The Kier molecular flexibility index (Phi) is 5.45. The van der Waals surface area contributed by atoms with Gasteiger partial charge in [0.15, 0.2) is 0 Å². The number of nitrogens with zero attached hydrogens (tertiary/aromatic N) is 1. The molecule has 0 aromatic heterocycles. The molecule has 104 valence electrons. The number of carbonyl (C=O) groups is 1. The van der Waals surface area contributed by atoms with Gasteiger partial charge in [0.1, 0.15) is 0 Å². The first-order valence-electron chi connectivity index (χ1n) is 7.39. The zero-order valence-electron chi connectivity index (χ0n) is 11.3. The normalized spacial score (nSPS) is 29.3. The summed E-state index contributed by atoms with van der Waals surface area (Å²) in [4.78, 5) is 14.1. The first-order chi connectivity index (χ1) is 8.79. The third kappa shape index (κ3) is 3.95. The summed E-state index contributed by atoms with van der Waals surface area (Å²) in [5, 5.41) is 0. The van der Waals surface area contributed by atoms with Gasteiger partial charge in [-0.25, -0.2) is 0 Å². The van der Waals surface area contributed by atoms with Crippen molar-refractivity contribution in [1.82, 2.24) is 4.90 Å². The van der Waals surface area contributed by atoms with Crippen LogP contribution in [-0.2, 0) is 9.53 Å². The lowest BCUT2D eigenvalue weighted by Gasteiger charge is -2.32. The number of rotatable bonds is 4. The molecular formula is C14H26N2O2. The molecule has 2 aliphatic heterocycles. The molecule has 0 aromatic carbocycles. The first kappa shape index (κ1) is 13.8. The highest BCUT2D eigenvalue weighted by Gasteiger charge is 2.23.